The monoisotopic (exact) mass is 236 g/mol. The van der Waals surface area contributed by atoms with Crippen LogP contribution in [0, 0.1) is 4.91 Å². The van der Waals surface area contributed by atoms with Crippen molar-refractivity contribution in [2.24, 2.45) is 5.18 Å². The van der Waals surface area contributed by atoms with Gasteiger partial charge in [-0.05, 0) is 24.2 Å². The van der Waals surface area contributed by atoms with Gasteiger partial charge >= 0.3 is 0 Å². The van der Waals surface area contributed by atoms with Crippen molar-refractivity contribution in [3.63, 3.8) is 0 Å². The molecule has 0 bridgehead atoms. The van der Waals surface area contributed by atoms with E-state index in [2.05, 4.69) is 10.5 Å². The first-order valence-electron chi connectivity index (χ1n) is 4.77. The van der Waals surface area contributed by atoms with E-state index in [9.17, 15) is 9.70 Å². The summed E-state index contributed by atoms with van der Waals surface area (Å²) in [6.45, 7) is 1.21. The van der Waals surface area contributed by atoms with E-state index in [-0.39, 0.29) is 0 Å². The molecule has 90 valence electrons. The Hall–Kier alpha value is -2.37. The van der Waals surface area contributed by atoms with Crippen LogP contribution in [0.5, 0.6) is 5.75 Å². The SMILES string of the molecule is COc1cccc(NC(=O)C(N=O)=C(C)O)c1. The minimum absolute atomic E-state index is 0.430. The van der Waals surface area contributed by atoms with E-state index in [4.69, 9.17) is 9.84 Å². The number of carbonyl (C=O) groups is 1. The Morgan fingerprint density at radius 1 is 1.47 bits per heavy atom. The van der Waals surface area contributed by atoms with E-state index in [0.29, 0.717) is 11.4 Å². The van der Waals surface area contributed by atoms with Crippen molar-refractivity contribution >= 4 is 11.6 Å². The number of nitrogens with zero attached hydrogens (tertiary/aromatic N) is 1. The van der Waals surface area contributed by atoms with Gasteiger partial charge < -0.3 is 15.2 Å². The highest BCUT2D eigenvalue weighted by Gasteiger charge is 2.14. The summed E-state index contributed by atoms with van der Waals surface area (Å²) in [6.07, 6.45) is 0. The lowest BCUT2D eigenvalue weighted by Crippen LogP contribution is -2.14. The summed E-state index contributed by atoms with van der Waals surface area (Å²) in [5.74, 6) is -0.637. The molecule has 6 heteroatoms. The second-order valence-corrected chi connectivity index (χ2v) is 3.21. The van der Waals surface area contributed by atoms with E-state index in [1.165, 1.54) is 14.0 Å². The fourth-order valence-electron chi connectivity index (χ4n) is 1.16. The Kier molecular flexibility index (Phi) is 4.21. The molecule has 1 aromatic rings. The van der Waals surface area contributed by atoms with Gasteiger partial charge in [0, 0.05) is 11.8 Å². The first-order chi connectivity index (χ1) is 8.08. The molecule has 1 aromatic carbocycles. The van der Waals surface area contributed by atoms with Crippen LogP contribution in [0.3, 0.4) is 0 Å². The number of carbonyl (C=O) groups excluding carboxylic acids is 1. The first-order valence-corrected chi connectivity index (χ1v) is 4.77. The third kappa shape index (κ3) is 3.30. The number of methoxy groups -OCH3 is 1. The van der Waals surface area contributed by atoms with Crippen molar-refractivity contribution in [1.82, 2.24) is 0 Å². The zero-order chi connectivity index (χ0) is 12.8. The molecule has 0 aromatic heterocycles. The summed E-state index contributed by atoms with van der Waals surface area (Å²) in [6, 6.07) is 6.59. The maximum Gasteiger partial charge on any atom is 0.281 e. The number of aliphatic hydroxyl groups is 1. The van der Waals surface area contributed by atoms with E-state index >= 15 is 0 Å². The number of allylic oxidation sites excluding steroid dienone is 1. The molecule has 0 fully saturated rings. The van der Waals surface area contributed by atoms with Crippen LogP contribution in [0.1, 0.15) is 6.92 Å². The number of anilines is 1. The molecule has 6 nitrogen and oxygen atoms in total. The number of aliphatic hydroxyl groups excluding tert-OH is 1. The summed E-state index contributed by atoms with van der Waals surface area (Å²) in [5, 5.41) is 13.9. The predicted octanol–water partition coefficient (Wildman–Crippen LogP) is 2.19. The lowest BCUT2D eigenvalue weighted by molar-refractivity contribution is -0.113. The summed E-state index contributed by atoms with van der Waals surface area (Å²) < 4.78 is 4.97. The number of nitrogens with one attached hydrogen (secondary N) is 1. The van der Waals surface area contributed by atoms with Crippen LogP contribution in [-0.2, 0) is 4.79 Å². The third-order valence-electron chi connectivity index (χ3n) is 1.98. The molecule has 0 aliphatic rings. The van der Waals surface area contributed by atoms with Gasteiger partial charge in [-0.2, -0.15) is 0 Å². The smallest absolute Gasteiger partial charge is 0.281 e. The van der Waals surface area contributed by atoms with Crippen molar-refractivity contribution < 1.29 is 14.6 Å². The van der Waals surface area contributed by atoms with Gasteiger partial charge in [0.05, 0.1) is 7.11 Å². The minimum atomic E-state index is -0.770. The maximum absolute atomic E-state index is 11.5. The van der Waals surface area contributed by atoms with Crippen LogP contribution in [0.25, 0.3) is 0 Å². The molecule has 0 spiro atoms. The molecule has 0 aliphatic carbocycles. The molecule has 0 saturated carbocycles. The summed E-state index contributed by atoms with van der Waals surface area (Å²) in [7, 11) is 1.50. The normalized spacial score (nSPS) is 11.4. The van der Waals surface area contributed by atoms with E-state index in [1.807, 2.05) is 0 Å². The second kappa shape index (κ2) is 5.64. The third-order valence-corrected chi connectivity index (χ3v) is 1.98. The number of amides is 1. The van der Waals surface area contributed by atoms with Crippen LogP contribution in [-0.4, -0.2) is 18.1 Å². The van der Waals surface area contributed by atoms with Gasteiger partial charge in [0.15, 0.2) is 0 Å². The van der Waals surface area contributed by atoms with Crippen molar-refractivity contribution in [3.8, 4) is 5.75 Å². The molecule has 17 heavy (non-hydrogen) atoms. The fraction of sp³-hybridized carbons (Fsp3) is 0.182. The van der Waals surface area contributed by atoms with Crippen LogP contribution in [0.2, 0.25) is 0 Å². The van der Waals surface area contributed by atoms with E-state index in [1.54, 1.807) is 24.3 Å². The van der Waals surface area contributed by atoms with Gasteiger partial charge in [-0.1, -0.05) is 6.07 Å². The van der Waals surface area contributed by atoms with Crippen LogP contribution < -0.4 is 10.1 Å². The number of hydrogen-bond acceptors (Lipinski definition) is 5. The number of benzene rings is 1. The molecular formula is C11H12N2O4. The van der Waals surface area contributed by atoms with Crippen LogP contribution in [0.15, 0.2) is 40.9 Å². The number of rotatable bonds is 4. The van der Waals surface area contributed by atoms with Crippen molar-refractivity contribution in [2.75, 3.05) is 12.4 Å². The van der Waals surface area contributed by atoms with Crippen molar-refractivity contribution in [1.29, 1.82) is 0 Å². The van der Waals surface area contributed by atoms with Gasteiger partial charge in [0.25, 0.3) is 5.91 Å². The number of ether oxygens (including phenoxy) is 1. The number of nitroso groups, excluding NO2 is 1. The highest BCUT2D eigenvalue weighted by molar-refractivity contribution is 6.03. The lowest BCUT2D eigenvalue weighted by Gasteiger charge is -2.06. The Balaban J connectivity index is 2.88. The lowest BCUT2D eigenvalue weighted by atomic mass is 10.3. The molecule has 0 saturated heterocycles. The average molecular weight is 236 g/mol. The minimum Gasteiger partial charge on any atom is -0.510 e. The van der Waals surface area contributed by atoms with Gasteiger partial charge in [0.2, 0.25) is 5.70 Å². The molecule has 0 atom stereocenters. The van der Waals surface area contributed by atoms with Crippen LogP contribution in [0.4, 0.5) is 5.69 Å². The van der Waals surface area contributed by atoms with E-state index < -0.39 is 17.4 Å². The van der Waals surface area contributed by atoms with Gasteiger partial charge in [0.1, 0.15) is 11.5 Å². The highest BCUT2D eigenvalue weighted by atomic mass is 16.5. The van der Waals surface area contributed by atoms with Crippen LogP contribution >= 0.6 is 0 Å². The molecule has 0 radical (unpaired) electrons. The quantitative estimate of drug-likeness (QED) is 0.476. The standard InChI is InChI=1S/C11H12N2O4/c1-7(14)10(13-16)11(15)12-8-4-3-5-9(6-8)17-2/h3-6,14H,1-2H3,(H,12,15). The van der Waals surface area contributed by atoms with Gasteiger partial charge in [-0.3, -0.25) is 4.79 Å². The molecule has 0 aliphatic heterocycles. The molecule has 1 rings (SSSR count). The molecule has 0 unspecified atom stereocenters. The summed E-state index contributed by atoms with van der Waals surface area (Å²) >= 11 is 0. The zero-order valence-corrected chi connectivity index (χ0v) is 9.43. The average Bonchev–Trinajstić information content (AvgIpc) is 2.29. The molecule has 2 N–H and O–H groups in total. The largest absolute Gasteiger partial charge is 0.510 e. The fourth-order valence-corrected chi connectivity index (χ4v) is 1.16. The summed E-state index contributed by atoms with van der Waals surface area (Å²) in [5.41, 5.74) is -0.107. The second-order valence-electron chi connectivity index (χ2n) is 3.21. The van der Waals surface area contributed by atoms with Crippen molar-refractivity contribution in [3.05, 3.63) is 40.6 Å². The predicted molar refractivity (Wildman–Crippen MR) is 62.7 cm³/mol. The topological polar surface area (TPSA) is 88.0 Å². The molecular weight excluding hydrogens is 224 g/mol. The molecule has 1 amide bonds. The Morgan fingerprint density at radius 2 is 2.18 bits per heavy atom. The summed E-state index contributed by atoms with van der Waals surface area (Å²) in [4.78, 5) is 21.9. The van der Waals surface area contributed by atoms with Crippen molar-refractivity contribution in [2.45, 2.75) is 6.92 Å². The number of hydrogen-bond donors (Lipinski definition) is 2. The maximum atomic E-state index is 11.5. The Labute approximate surface area is 97.9 Å². The van der Waals surface area contributed by atoms with Gasteiger partial charge in [-0.25, -0.2) is 0 Å². The highest BCUT2D eigenvalue weighted by Crippen LogP contribution is 2.17. The molecule has 0 heterocycles. The zero-order valence-electron chi connectivity index (χ0n) is 9.43. The Morgan fingerprint density at radius 3 is 2.71 bits per heavy atom. The van der Waals surface area contributed by atoms with Gasteiger partial charge in [-0.15, -0.1) is 4.91 Å². The van der Waals surface area contributed by atoms with E-state index in [0.717, 1.165) is 0 Å². The first kappa shape index (κ1) is 12.7. The Bertz CT molecular complexity index is 464.